The number of aryl methyl sites for hydroxylation is 2. The number of benzene rings is 2. The molecule has 2 aromatic rings. The Bertz CT molecular complexity index is 583. The van der Waals surface area contributed by atoms with Crippen LogP contribution in [0, 0.1) is 6.92 Å². The summed E-state index contributed by atoms with van der Waals surface area (Å²) in [6.45, 7) is 6.84. The molecular formula is C20H28N2O2. The van der Waals surface area contributed by atoms with E-state index in [1.807, 2.05) is 42.5 Å². The highest BCUT2D eigenvalue weighted by Gasteiger charge is 1.97. The molecule has 130 valence electrons. The SMILES string of the molecule is CCc1cccc(C(C)=O)c1.Cc1ccccc1.NCCNC=O. The lowest BCUT2D eigenvalue weighted by molar-refractivity contribution is -0.109. The Hall–Kier alpha value is -2.46. The van der Waals surface area contributed by atoms with E-state index in [0.29, 0.717) is 19.5 Å². The zero-order valence-corrected chi connectivity index (χ0v) is 14.8. The van der Waals surface area contributed by atoms with Crippen LogP contribution in [0.25, 0.3) is 0 Å². The van der Waals surface area contributed by atoms with E-state index in [9.17, 15) is 9.59 Å². The molecule has 0 aliphatic rings. The number of carbonyl (C=O) groups is 2. The smallest absolute Gasteiger partial charge is 0.207 e. The third-order valence-corrected chi connectivity index (χ3v) is 3.05. The molecule has 0 saturated carbocycles. The van der Waals surface area contributed by atoms with Crippen LogP contribution in [0.5, 0.6) is 0 Å². The summed E-state index contributed by atoms with van der Waals surface area (Å²) in [4.78, 5) is 20.3. The quantitative estimate of drug-likeness (QED) is 0.503. The first-order valence-corrected chi connectivity index (χ1v) is 8.03. The van der Waals surface area contributed by atoms with E-state index >= 15 is 0 Å². The Morgan fingerprint density at radius 1 is 1.12 bits per heavy atom. The minimum atomic E-state index is 0.139. The maximum Gasteiger partial charge on any atom is 0.207 e. The lowest BCUT2D eigenvalue weighted by atomic mass is 10.1. The molecule has 0 spiro atoms. The van der Waals surface area contributed by atoms with Gasteiger partial charge in [0.05, 0.1) is 0 Å². The normalized spacial score (nSPS) is 8.83. The zero-order valence-electron chi connectivity index (χ0n) is 14.8. The Labute approximate surface area is 145 Å². The third kappa shape index (κ3) is 11.2. The fraction of sp³-hybridized carbons (Fsp3) is 0.300. The summed E-state index contributed by atoms with van der Waals surface area (Å²) in [6.07, 6.45) is 1.62. The second-order valence-electron chi connectivity index (χ2n) is 5.13. The Kier molecular flexibility index (Phi) is 12.7. The number of hydrogen-bond donors (Lipinski definition) is 2. The molecule has 24 heavy (non-hydrogen) atoms. The maximum atomic E-state index is 10.9. The van der Waals surface area contributed by atoms with Crippen LogP contribution in [-0.2, 0) is 11.2 Å². The fourth-order valence-corrected chi connectivity index (χ4v) is 1.69. The van der Waals surface area contributed by atoms with E-state index in [2.05, 4.69) is 31.3 Å². The molecule has 3 N–H and O–H groups in total. The number of nitrogens with one attached hydrogen (secondary N) is 1. The van der Waals surface area contributed by atoms with Crippen LogP contribution < -0.4 is 11.1 Å². The summed E-state index contributed by atoms with van der Waals surface area (Å²) >= 11 is 0. The van der Waals surface area contributed by atoms with Crippen LogP contribution in [0.3, 0.4) is 0 Å². The van der Waals surface area contributed by atoms with Gasteiger partial charge in [0.25, 0.3) is 0 Å². The van der Waals surface area contributed by atoms with Gasteiger partial charge in [-0.05, 0) is 31.9 Å². The monoisotopic (exact) mass is 328 g/mol. The zero-order chi connectivity index (χ0) is 18.2. The number of ketones is 1. The molecule has 0 radical (unpaired) electrons. The van der Waals surface area contributed by atoms with Gasteiger partial charge in [-0.3, -0.25) is 9.59 Å². The van der Waals surface area contributed by atoms with Crippen molar-refractivity contribution in [2.75, 3.05) is 13.1 Å². The second kappa shape index (κ2) is 14.2. The van der Waals surface area contributed by atoms with Gasteiger partial charge < -0.3 is 11.1 Å². The predicted octanol–water partition coefficient (Wildman–Crippen LogP) is 3.14. The number of nitrogens with two attached hydrogens (primary N) is 1. The van der Waals surface area contributed by atoms with Crippen molar-refractivity contribution in [2.45, 2.75) is 27.2 Å². The largest absolute Gasteiger partial charge is 0.357 e. The van der Waals surface area contributed by atoms with Crippen LogP contribution in [0.4, 0.5) is 0 Å². The molecule has 0 aliphatic carbocycles. The molecule has 0 fully saturated rings. The van der Waals surface area contributed by atoms with Gasteiger partial charge in [0.15, 0.2) is 5.78 Å². The molecule has 0 aromatic heterocycles. The van der Waals surface area contributed by atoms with Crippen molar-refractivity contribution in [1.29, 1.82) is 0 Å². The highest BCUT2D eigenvalue weighted by atomic mass is 16.1. The van der Waals surface area contributed by atoms with E-state index in [1.165, 1.54) is 11.1 Å². The molecule has 2 rings (SSSR count). The molecule has 1 amide bonds. The van der Waals surface area contributed by atoms with Crippen molar-refractivity contribution in [1.82, 2.24) is 5.32 Å². The first-order valence-electron chi connectivity index (χ1n) is 8.03. The lowest BCUT2D eigenvalue weighted by Gasteiger charge is -1.98. The average molecular weight is 328 g/mol. The summed E-state index contributed by atoms with van der Waals surface area (Å²) in [6, 6.07) is 18.0. The van der Waals surface area contributed by atoms with E-state index < -0.39 is 0 Å². The molecule has 0 atom stereocenters. The molecule has 0 saturated heterocycles. The first kappa shape index (κ1) is 21.5. The van der Waals surface area contributed by atoms with Crippen LogP contribution in [0.1, 0.15) is 35.3 Å². The van der Waals surface area contributed by atoms with E-state index in [-0.39, 0.29) is 5.78 Å². The van der Waals surface area contributed by atoms with Gasteiger partial charge in [-0.15, -0.1) is 0 Å². The van der Waals surface area contributed by atoms with Gasteiger partial charge in [-0.1, -0.05) is 61.0 Å². The fourth-order valence-electron chi connectivity index (χ4n) is 1.69. The molecule has 0 aliphatic heterocycles. The van der Waals surface area contributed by atoms with Gasteiger partial charge in [0, 0.05) is 18.7 Å². The lowest BCUT2D eigenvalue weighted by Crippen LogP contribution is -2.20. The summed E-state index contributed by atoms with van der Waals surface area (Å²) in [5, 5.41) is 2.39. The van der Waals surface area contributed by atoms with Gasteiger partial charge in [-0.2, -0.15) is 0 Å². The van der Waals surface area contributed by atoms with Gasteiger partial charge in [-0.25, -0.2) is 0 Å². The molecule has 0 unspecified atom stereocenters. The van der Waals surface area contributed by atoms with Crippen LogP contribution in [-0.4, -0.2) is 25.3 Å². The minimum absolute atomic E-state index is 0.139. The number of amides is 1. The Morgan fingerprint density at radius 2 is 1.79 bits per heavy atom. The highest BCUT2D eigenvalue weighted by molar-refractivity contribution is 5.94. The van der Waals surface area contributed by atoms with Crippen molar-refractivity contribution >= 4 is 12.2 Å². The highest BCUT2D eigenvalue weighted by Crippen LogP contribution is 2.05. The molecule has 0 bridgehead atoms. The Morgan fingerprint density at radius 3 is 2.17 bits per heavy atom. The number of hydrogen-bond acceptors (Lipinski definition) is 3. The predicted molar refractivity (Wildman–Crippen MR) is 100 cm³/mol. The summed E-state index contributed by atoms with van der Waals surface area (Å²) < 4.78 is 0. The molecule has 0 heterocycles. The molecule has 4 heteroatoms. The number of rotatable bonds is 5. The van der Waals surface area contributed by atoms with Crippen molar-refractivity contribution in [3.8, 4) is 0 Å². The summed E-state index contributed by atoms with van der Waals surface area (Å²) in [5.74, 6) is 0.139. The summed E-state index contributed by atoms with van der Waals surface area (Å²) in [5.41, 5.74) is 8.34. The molecule has 4 nitrogen and oxygen atoms in total. The Balaban J connectivity index is 0.000000353. The molecular weight excluding hydrogens is 300 g/mol. The van der Waals surface area contributed by atoms with Crippen LogP contribution in [0.2, 0.25) is 0 Å². The molecule has 2 aromatic carbocycles. The summed E-state index contributed by atoms with van der Waals surface area (Å²) in [7, 11) is 0. The van der Waals surface area contributed by atoms with E-state index in [4.69, 9.17) is 5.73 Å². The van der Waals surface area contributed by atoms with Gasteiger partial charge in [0.2, 0.25) is 6.41 Å². The van der Waals surface area contributed by atoms with E-state index in [1.54, 1.807) is 6.92 Å². The first-order chi connectivity index (χ1) is 11.5. The van der Waals surface area contributed by atoms with Crippen LogP contribution >= 0.6 is 0 Å². The maximum absolute atomic E-state index is 10.9. The van der Waals surface area contributed by atoms with Crippen LogP contribution in [0.15, 0.2) is 54.6 Å². The second-order valence-corrected chi connectivity index (χ2v) is 5.13. The standard InChI is InChI=1S/C10H12O.C7H8.C3H8N2O/c1-3-9-5-4-6-10(7-9)8(2)11;1-7-5-3-2-4-6-7;4-1-2-5-3-6/h4-7H,3H2,1-2H3;2-6H,1H3;3H,1-2,4H2,(H,5,6). The topological polar surface area (TPSA) is 72.2 Å². The number of Topliss-reactive ketones (excluding diaryl/α,β-unsaturated/α-hetero) is 1. The van der Waals surface area contributed by atoms with Gasteiger partial charge >= 0.3 is 0 Å². The average Bonchev–Trinajstić information content (AvgIpc) is 2.61. The van der Waals surface area contributed by atoms with Gasteiger partial charge in [0.1, 0.15) is 0 Å². The minimum Gasteiger partial charge on any atom is -0.357 e. The van der Waals surface area contributed by atoms with Crippen molar-refractivity contribution in [2.24, 2.45) is 5.73 Å². The third-order valence-electron chi connectivity index (χ3n) is 3.05. The van der Waals surface area contributed by atoms with Crippen molar-refractivity contribution in [3.05, 3.63) is 71.3 Å². The van der Waals surface area contributed by atoms with E-state index in [0.717, 1.165) is 12.0 Å². The van der Waals surface area contributed by atoms with Crippen molar-refractivity contribution < 1.29 is 9.59 Å². The number of carbonyl (C=O) groups excluding carboxylic acids is 2. The van der Waals surface area contributed by atoms with Crippen molar-refractivity contribution in [3.63, 3.8) is 0 Å².